The molecule has 0 aromatic carbocycles. The predicted octanol–water partition coefficient (Wildman–Crippen LogP) is 9.08. The van der Waals surface area contributed by atoms with Gasteiger partial charge in [-0.3, -0.25) is 0 Å². The number of allylic oxidation sites excluding steroid dienone is 4. The summed E-state index contributed by atoms with van der Waals surface area (Å²) in [6.45, 7) is 17.5. The molecule has 0 bridgehead atoms. The molecule has 4 rings (SSSR count). The molecule has 170 valence electrons. The Morgan fingerprint density at radius 1 is 1.00 bits per heavy atom. The first-order valence-corrected chi connectivity index (χ1v) is 13.6. The van der Waals surface area contributed by atoms with Gasteiger partial charge in [0.15, 0.2) is 0 Å². The Balaban J connectivity index is 1.52. The van der Waals surface area contributed by atoms with Gasteiger partial charge in [0, 0.05) is 0 Å². The van der Waals surface area contributed by atoms with E-state index in [0.29, 0.717) is 10.8 Å². The summed E-state index contributed by atoms with van der Waals surface area (Å²) in [6.07, 6.45) is 20.9. The molecule has 0 aromatic heterocycles. The summed E-state index contributed by atoms with van der Waals surface area (Å²) >= 11 is 0. The maximum absolute atomic E-state index is 2.74. The highest BCUT2D eigenvalue weighted by atomic mass is 14.6. The molecule has 9 atom stereocenters. The minimum Gasteiger partial charge on any atom is -0.0851 e. The molecule has 0 spiro atoms. The van der Waals surface area contributed by atoms with E-state index in [1.165, 1.54) is 57.8 Å². The molecule has 4 aliphatic rings. The molecule has 0 heterocycles. The monoisotopic (exact) mass is 410 g/mol. The van der Waals surface area contributed by atoms with E-state index in [2.05, 4.69) is 66.7 Å². The first-order chi connectivity index (χ1) is 14.2. The second kappa shape index (κ2) is 8.44. The fourth-order valence-corrected chi connectivity index (χ4v) is 9.03. The zero-order chi connectivity index (χ0) is 21.7. The van der Waals surface area contributed by atoms with Crippen molar-refractivity contribution in [3.05, 3.63) is 23.8 Å². The molecule has 0 saturated heterocycles. The lowest BCUT2D eigenvalue weighted by Crippen LogP contribution is -2.50. The third kappa shape index (κ3) is 3.67. The second-order valence-electron chi connectivity index (χ2n) is 12.9. The van der Waals surface area contributed by atoms with Crippen LogP contribution in [0.3, 0.4) is 0 Å². The van der Waals surface area contributed by atoms with E-state index in [1.54, 1.807) is 0 Å². The fourth-order valence-electron chi connectivity index (χ4n) is 9.03. The van der Waals surface area contributed by atoms with Gasteiger partial charge in [-0.1, -0.05) is 72.3 Å². The van der Waals surface area contributed by atoms with Crippen molar-refractivity contribution in [1.82, 2.24) is 0 Å². The van der Waals surface area contributed by atoms with Crippen LogP contribution in [0.5, 0.6) is 0 Å². The molecule has 6 unspecified atom stereocenters. The SMILES string of the molecule is CCC(/C=C/[C@@H](C)C1CC[C@H]2C3CC=C4CC(C)CCC4(C)[C@H]3CCC12C)C(C)C. The van der Waals surface area contributed by atoms with Gasteiger partial charge in [0.1, 0.15) is 0 Å². The van der Waals surface area contributed by atoms with E-state index >= 15 is 0 Å². The van der Waals surface area contributed by atoms with Crippen molar-refractivity contribution in [3.8, 4) is 0 Å². The zero-order valence-electron chi connectivity index (χ0n) is 21.2. The highest BCUT2D eigenvalue weighted by Gasteiger charge is 2.58. The largest absolute Gasteiger partial charge is 0.0851 e. The van der Waals surface area contributed by atoms with Crippen molar-refractivity contribution in [1.29, 1.82) is 0 Å². The minimum atomic E-state index is 0.534. The molecule has 30 heavy (non-hydrogen) atoms. The van der Waals surface area contributed by atoms with Crippen LogP contribution < -0.4 is 0 Å². The molecule has 0 heteroatoms. The molecular formula is C30H50. The Hall–Kier alpha value is -0.520. The molecule has 0 N–H and O–H groups in total. The van der Waals surface area contributed by atoms with Crippen molar-refractivity contribution in [2.75, 3.05) is 0 Å². The molecule has 0 aromatic rings. The van der Waals surface area contributed by atoms with Crippen molar-refractivity contribution < 1.29 is 0 Å². The summed E-state index contributed by atoms with van der Waals surface area (Å²) in [4.78, 5) is 0. The lowest BCUT2D eigenvalue weighted by Gasteiger charge is -2.58. The first-order valence-electron chi connectivity index (χ1n) is 13.6. The van der Waals surface area contributed by atoms with Crippen LogP contribution in [0.1, 0.15) is 106 Å². The normalized spacial score (nSPS) is 45.6. The summed E-state index contributed by atoms with van der Waals surface area (Å²) in [5.74, 6) is 6.98. The summed E-state index contributed by atoms with van der Waals surface area (Å²) < 4.78 is 0. The molecule has 3 saturated carbocycles. The van der Waals surface area contributed by atoms with Gasteiger partial charge in [0.25, 0.3) is 0 Å². The molecule has 0 amide bonds. The van der Waals surface area contributed by atoms with Gasteiger partial charge < -0.3 is 0 Å². The third-order valence-corrected chi connectivity index (χ3v) is 11.0. The molecule has 3 fully saturated rings. The van der Waals surface area contributed by atoms with Crippen LogP contribution in [0, 0.1) is 58.2 Å². The van der Waals surface area contributed by atoms with Crippen LogP contribution in [0.25, 0.3) is 0 Å². The van der Waals surface area contributed by atoms with Gasteiger partial charge in [-0.15, -0.1) is 0 Å². The van der Waals surface area contributed by atoms with E-state index in [-0.39, 0.29) is 0 Å². The standard InChI is InChI=1S/C30H50/c1-8-23(20(2)3)10-9-22(5)26-13-14-27-25-12-11-24-19-21(4)15-17-29(24,6)28(25)16-18-30(26,27)7/h9-11,20-23,25-28H,8,12-19H2,1-7H3/b10-9+/t21?,22-,23?,25?,26?,27+,28+,29?,30?/m1/s1. The predicted molar refractivity (Wildman–Crippen MR) is 131 cm³/mol. The van der Waals surface area contributed by atoms with Crippen molar-refractivity contribution in [2.45, 2.75) is 106 Å². The maximum atomic E-state index is 2.74. The molecule has 0 nitrogen and oxygen atoms in total. The zero-order valence-corrected chi connectivity index (χ0v) is 21.2. The van der Waals surface area contributed by atoms with Crippen LogP contribution in [0.4, 0.5) is 0 Å². The van der Waals surface area contributed by atoms with Crippen molar-refractivity contribution in [3.63, 3.8) is 0 Å². The number of rotatable bonds is 5. The van der Waals surface area contributed by atoms with Gasteiger partial charge in [0.05, 0.1) is 0 Å². The van der Waals surface area contributed by atoms with Gasteiger partial charge in [-0.2, -0.15) is 0 Å². The average molecular weight is 411 g/mol. The van der Waals surface area contributed by atoms with E-state index in [0.717, 1.165) is 47.3 Å². The van der Waals surface area contributed by atoms with Gasteiger partial charge >= 0.3 is 0 Å². The Labute approximate surface area is 188 Å². The molecular weight excluding hydrogens is 360 g/mol. The van der Waals surface area contributed by atoms with Crippen LogP contribution in [-0.2, 0) is 0 Å². The van der Waals surface area contributed by atoms with E-state index in [9.17, 15) is 0 Å². The van der Waals surface area contributed by atoms with Gasteiger partial charge in [-0.25, -0.2) is 0 Å². The number of hydrogen-bond donors (Lipinski definition) is 0. The van der Waals surface area contributed by atoms with Crippen LogP contribution in [0.15, 0.2) is 23.8 Å². The lowest BCUT2D eigenvalue weighted by atomic mass is 9.46. The Morgan fingerprint density at radius 2 is 1.77 bits per heavy atom. The summed E-state index contributed by atoms with van der Waals surface area (Å²) in [5.41, 5.74) is 2.97. The third-order valence-electron chi connectivity index (χ3n) is 11.0. The Bertz CT molecular complexity index is 668. The smallest absolute Gasteiger partial charge is 0.00851 e. The molecule has 4 aliphatic carbocycles. The van der Waals surface area contributed by atoms with Gasteiger partial charge in [0.2, 0.25) is 0 Å². The average Bonchev–Trinajstić information content (AvgIpc) is 3.06. The highest BCUT2D eigenvalue weighted by Crippen LogP contribution is 2.67. The number of fused-ring (bicyclic) bond motifs is 5. The van der Waals surface area contributed by atoms with Crippen LogP contribution in [0.2, 0.25) is 0 Å². The summed E-state index contributed by atoms with van der Waals surface area (Å²) in [5, 5.41) is 0. The van der Waals surface area contributed by atoms with E-state index in [1.807, 2.05) is 5.57 Å². The summed E-state index contributed by atoms with van der Waals surface area (Å²) in [6, 6.07) is 0. The van der Waals surface area contributed by atoms with E-state index in [4.69, 9.17) is 0 Å². The Kier molecular flexibility index (Phi) is 6.38. The quantitative estimate of drug-likeness (QED) is 0.396. The molecule has 0 aliphatic heterocycles. The summed E-state index contributed by atoms with van der Waals surface area (Å²) in [7, 11) is 0. The van der Waals surface area contributed by atoms with Crippen molar-refractivity contribution in [2.24, 2.45) is 58.2 Å². The van der Waals surface area contributed by atoms with Crippen LogP contribution >= 0.6 is 0 Å². The topological polar surface area (TPSA) is 0 Å². The first kappa shape index (κ1) is 22.7. The fraction of sp³-hybridized carbons (Fsp3) is 0.867. The van der Waals surface area contributed by atoms with E-state index < -0.39 is 0 Å². The lowest BCUT2D eigenvalue weighted by molar-refractivity contribution is -0.0486. The van der Waals surface area contributed by atoms with Crippen molar-refractivity contribution >= 4 is 0 Å². The minimum absolute atomic E-state index is 0.534. The molecule has 0 radical (unpaired) electrons. The van der Waals surface area contributed by atoms with Crippen LogP contribution in [-0.4, -0.2) is 0 Å². The maximum Gasteiger partial charge on any atom is -0.00851 e. The second-order valence-corrected chi connectivity index (χ2v) is 12.9. The van der Waals surface area contributed by atoms with Gasteiger partial charge in [-0.05, 0) is 116 Å². The number of hydrogen-bond acceptors (Lipinski definition) is 0. The highest BCUT2D eigenvalue weighted by molar-refractivity contribution is 5.25. The Morgan fingerprint density at radius 3 is 2.47 bits per heavy atom.